The minimum atomic E-state index is 0.128. The van der Waals surface area contributed by atoms with Crippen molar-refractivity contribution in [1.29, 1.82) is 0 Å². The number of carbonyl (C=O) groups is 1. The topological polar surface area (TPSA) is 58.6 Å². The van der Waals surface area contributed by atoms with Crippen molar-refractivity contribution < 1.29 is 9.53 Å². The molecule has 1 atom stereocenters. The van der Waals surface area contributed by atoms with Crippen molar-refractivity contribution in [1.82, 2.24) is 15.1 Å². The zero-order valence-electron chi connectivity index (χ0n) is 13.7. The monoisotopic (exact) mass is 316 g/mol. The van der Waals surface area contributed by atoms with Crippen molar-refractivity contribution in [3.8, 4) is 0 Å². The van der Waals surface area contributed by atoms with E-state index in [2.05, 4.69) is 21.2 Å². The lowest BCUT2D eigenvalue weighted by Gasteiger charge is -2.44. The predicted molar refractivity (Wildman–Crippen MR) is 86.4 cm³/mol. The second-order valence-electron chi connectivity index (χ2n) is 6.93. The first-order valence-corrected chi connectivity index (χ1v) is 8.68. The van der Waals surface area contributed by atoms with Gasteiger partial charge < -0.3 is 14.5 Å². The highest BCUT2D eigenvalue weighted by atomic mass is 16.5. The molecule has 2 aliphatic heterocycles. The molecule has 0 saturated carbocycles. The first-order valence-electron chi connectivity index (χ1n) is 8.68. The van der Waals surface area contributed by atoms with Crippen molar-refractivity contribution in [2.24, 2.45) is 0 Å². The molecule has 0 N–H and O–H groups in total. The summed E-state index contributed by atoms with van der Waals surface area (Å²) in [6.45, 7) is 2.50. The number of hydrogen-bond donors (Lipinski definition) is 0. The van der Waals surface area contributed by atoms with Crippen LogP contribution in [0.15, 0.2) is 6.07 Å². The van der Waals surface area contributed by atoms with Gasteiger partial charge in [0.25, 0.3) is 0 Å². The van der Waals surface area contributed by atoms with Gasteiger partial charge in [0.2, 0.25) is 5.91 Å². The first kappa shape index (κ1) is 14.9. The van der Waals surface area contributed by atoms with Crippen LogP contribution < -0.4 is 4.90 Å². The van der Waals surface area contributed by atoms with Gasteiger partial charge >= 0.3 is 0 Å². The third-order valence-corrected chi connectivity index (χ3v) is 5.36. The number of rotatable bonds is 4. The third-order valence-electron chi connectivity index (χ3n) is 5.36. The Morgan fingerprint density at radius 2 is 2.22 bits per heavy atom. The van der Waals surface area contributed by atoms with Crippen molar-refractivity contribution in [2.45, 2.75) is 50.7 Å². The molecule has 1 unspecified atom stereocenters. The molecule has 3 heterocycles. The number of amides is 1. The average molecular weight is 316 g/mol. The molecule has 1 aromatic heterocycles. The zero-order chi connectivity index (χ0) is 15.8. The van der Waals surface area contributed by atoms with Crippen LogP contribution in [0, 0.1) is 0 Å². The lowest BCUT2D eigenvalue weighted by atomic mass is 10.1. The number of fused-ring (bicyclic) bond motifs is 1. The normalized spacial score (nSPS) is 23.7. The number of hydrogen-bond acceptors (Lipinski definition) is 5. The van der Waals surface area contributed by atoms with Crippen LogP contribution in [0.25, 0.3) is 0 Å². The molecule has 0 aromatic carbocycles. The summed E-state index contributed by atoms with van der Waals surface area (Å²) in [5.74, 6) is 1.16. The van der Waals surface area contributed by atoms with Gasteiger partial charge in [-0.2, -0.15) is 5.10 Å². The highest BCUT2D eigenvalue weighted by Crippen LogP contribution is 2.27. The molecule has 124 valence electrons. The summed E-state index contributed by atoms with van der Waals surface area (Å²) in [5, 5.41) is 8.69. The van der Waals surface area contributed by atoms with Crippen LogP contribution in [0.5, 0.6) is 0 Å². The molecule has 1 aliphatic carbocycles. The summed E-state index contributed by atoms with van der Waals surface area (Å²) < 4.78 is 5.56. The van der Waals surface area contributed by atoms with Gasteiger partial charge in [0.05, 0.1) is 24.3 Å². The van der Waals surface area contributed by atoms with E-state index in [1.807, 2.05) is 11.9 Å². The predicted octanol–water partition coefficient (Wildman–Crippen LogP) is 1.18. The SMILES string of the molecule is CN(C(=O)CC1CCCO1)C1CN(c2cc3c(nn2)CCC3)C1. The van der Waals surface area contributed by atoms with Gasteiger partial charge in [0, 0.05) is 26.7 Å². The Hall–Kier alpha value is -1.69. The summed E-state index contributed by atoms with van der Waals surface area (Å²) in [6, 6.07) is 2.46. The molecule has 4 rings (SSSR count). The smallest absolute Gasteiger partial charge is 0.225 e. The Morgan fingerprint density at radius 3 is 3.00 bits per heavy atom. The fourth-order valence-electron chi connectivity index (χ4n) is 3.71. The Kier molecular flexibility index (Phi) is 3.93. The number of likely N-dealkylation sites (N-methyl/N-ethyl adjacent to an activating group) is 1. The molecule has 6 heteroatoms. The first-order chi connectivity index (χ1) is 11.2. The van der Waals surface area contributed by atoms with E-state index < -0.39 is 0 Å². The minimum absolute atomic E-state index is 0.128. The standard InChI is InChI=1S/C17H24N4O2/c1-20(17(22)9-14-5-3-7-23-14)13-10-21(11-13)16-8-12-4-2-6-15(12)18-19-16/h8,13-14H,2-7,9-11H2,1H3. The molecule has 0 radical (unpaired) electrons. The molecule has 2 fully saturated rings. The summed E-state index contributed by atoms with van der Waals surface area (Å²) in [5.41, 5.74) is 2.51. The van der Waals surface area contributed by atoms with Crippen LogP contribution in [-0.4, -0.2) is 59.9 Å². The van der Waals surface area contributed by atoms with Gasteiger partial charge in [-0.1, -0.05) is 0 Å². The number of aryl methyl sites for hydroxylation is 2. The van der Waals surface area contributed by atoms with Gasteiger partial charge in [-0.3, -0.25) is 4.79 Å². The van der Waals surface area contributed by atoms with E-state index in [1.165, 1.54) is 12.0 Å². The fourth-order valence-corrected chi connectivity index (χ4v) is 3.71. The van der Waals surface area contributed by atoms with Gasteiger partial charge in [0.15, 0.2) is 5.82 Å². The maximum absolute atomic E-state index is 12.3. The van der Waals surface area contributed by atoms with E-state index >= 15 is 0 Å². The van der Waals surface area contributed by atoms with Gasteiger partial charge in [-0.25, -0.2) is 0 Å². The van der Waals surface area contributed by atoms with Crippen molar-refractivity contribution >= 4 is 11.7 Å². The van der Waals surface area contributed by atoms with Crippen molar-refractivity contribution in [3.63, 3.8) is 0 Å². The molecule has 23 heavy (non-hydrogen) atoms. The number of ether oxygens (including phenoxy) is 1. The van der Waals surface area contributed by atoms with E-state index in [0.717, 1.165) is 56.9 Å². The highest BCUT2D eigenvalue weighted by Gasteiger charge is 2.34. The van der Waals surface area contributed by atoms with Crippen molar-refractivity contribution in [3.05, 3.63) is 17.3 Å². The van der Waals surface area contributed by atoms with Gasteiger partial charge in [-0.05, 0) is 43.7 Å². The molecule has 0 bridgehead atoms. The summed E-state index contributed by atoms with van der Waals surface area (Å²) in [4.78, 5) is 16.4. The molecule has 1 amide bonds. The Bertz CT molecular complexity index is 594. The van der Waals surface area contributed by atoms with Gasteiger partial charge in [-0.15, -0.1) is 5.10 Å². The maximum atomic E-state index is 12.3. The Balaban J connectivity index is 1.31. The van der Waals surface area contributed by atoms with E-state index in [0.29, 0.717) is 6.42 Å². The second-order valence-corrected chi connectivity index (χ2v) is 6.93. The van der Waals surface area contributed by atoms with Crippen LogP contribution in [0.2, 0.25) is 0 Å². The molecule has 6 nitrogen and oxygen atoms in total. The van der Waals surface area contributed by atoms with Crippen molar-refractivity contribution in [2.75, 3.05) is 31.6 Å². The fraction of sp³-hybridized carbons (Fsp3) is 0.706. The average Bonchev–Trinajstić information content (AvgIpc) is 3.16. The van der Waals surface area contributed by atoms with E-state index in [4.69, 9.17) is 4.74 Å². The van der Waals surface area contributed by atoms with Crippen LogP contribution >= 0.6 is 0 Å². The number of anilines is 1. The molecule has 1 aromatic rings. The zero-order valence-corrected chi connectivity index (χ0v) is 13.7. The highest BCUT2D eigenvalue weighted by molar-refractivity contribution is 5.77. The van der Waals surface area contributed by atoms with E-state index in [9.17, 15) is 4.79 Å². The van der Waals surface area contributed by atoms with Crippen LogP contribution in [0.4, 0.5) is 5.82 Å². The number of carbonyl (C=O) groups excluding carboxylic acids is 1. The molecule has 3 aliphatic rings. The Morgan fingerprint density at radius 1 is 1.35 bits per heavy atom. The van der Waals surface area contributed by atoms with Crippen LogP contribution in [0.1, 0.15) is 36.9 Å². The largest absolute Gasteiger partial charge is 0.378 e. The summed E-state index contributed by atoms with van der Waals surface area (Å²) in [6.07, 6.45) is 6.11. The molecule has 0 spiro atoms. The van der Waals surface area contributed by atoms with Gasteiger partial charge in [0.1, 0.15) is 0 Å². The molecule has 2 saturated heterocycles. The second kappa shape index (κ2) is 6.07. The van der Waals surface area contributed by atoms with E-state index in [1.54, 1.807) is 0 Å². The summed E-state index contributed by atoms with van der Waals surface area (Å²) in [7, 11) is 1.91. The lowest BCUT2D eigenvalue weighted by Crippen LogP contribution is -2.60. The number of nitrogens with zero attached hydrogens (tertiary/aromatic N) is 4. The van der Waals surface area contributed by atoms with Crippen LogP contribution in [0.3, 0.4) is 0 Å². The lowest BCUT2D eigenvalue weighted by molar-refractivity contribution is -0.134. The van der Waals surface area contributed by atoms with E-state index in [-0.39, 0.29) is 18.1 Å². The summed E-state index contributed by atoms with van der Waals surface area (Å²) >= 11 is 0. The molecular weight excluding hydrogens is 292 g/mol. The minimum Gasteiger partial charge on any atom is -0.378 e. The molecular formula is C17H24N4O2. The quantitative estimate of drug-likeness (QED) is 0.835. The van der Waals surface area contributed by atoms with Crippen LogP contribution in [-0.2, 0) is 22.4 Å². The third kappa shape index (κ3) is 2.92. The maximum Gasteiger partial charge on any atom is 0.225 e. The Labute approximate surface area is 136 Å². The number of aromatic nitrogens is 2.